The fraction of sp³-hybridized carbons (Fsp3) is 0.625. The van der Waals surface area contributed by atoms with E-state index in [1.807, 2.05) is 19.2 Å². The minimum absolute atomic E-state index is 0.127. The highest BCUT2D eigenvalue weighted by atomic mass is 32.2. The minimum Gasteiger partial charge on any atom is -0.312 e. The van der Waals surface area contributed by atoms with Crippen LogP contribution < -0.4 is 5.32 Å². The second kappa shape index (κ2) is 7.79. The quantitative estimate of drug-likeness (QED) is 0.802. The van der Waals surface area contributed by atoms with Crippen molar-refractivity contribution >= 4 is 9.84 Å². The first-order valence-corrected chi connectivity index (χ1v) is 9.16. The zero-order chi connectivity index (χ0) is 15.2. The first-order valence-electron chi connectivity index (χ1n) is 7.34. The van der Waals surface area contributed by atoms with E-state index in [0.29, 0.717) is 5.92 Å². The molecule has 1 rings (SSSR count). The molecule has 0 aliphatic carbocycles. The van der Waals surface area contributed by atoms with Gasteiger partial charge in [-0.1, -0.05) is 45.0 Å². The van der Waals surface area contributed by atoms with E-state index in [2.05, 4.69) is 38.2 Å². The van der Waals surface area contributed by atoms with Gasteiger partial charge in [-0.2, -0.15) is 0 Å². The van der Waals surface area contributed by atoms with Crippen molar-refractivity contribution in [1.29, 1.82) is 0 Å². The van der Waals surface area contributed by atoms with Crippen LogP contribution in [0.15, 0.2) is 24.3 Å². The molecule has 0 saturated carbocycles. The maximum absolute atomic E-state index is 12.2. The summed E-state index contributed by atoms with van der Waals surface area (Å²) in [7, 11) is -1.20. The Bertz CT molecular complexity index is 492. The van der Waals surface area contributed by atoms with E-state index < -0.39 is 9.84 Å². The predicted molar refractivity (Wildman–Crippen MR) is 85.7 cm³/mol. The van der Waals surface area contributed by atoms with Crippen LogP contribution in [-0.4, -0.2) is 27.0 Å². The van der Waals surface area contributed by atoms with Crippen LogP contribution in [0.1, 0.15) is 44.4 Å². The van der Waals surface area contributed by atoms with E-state index in [-0.39, 0.29) is 17.5 Å². The Kier molecular flexibility index (Phi) is 6.69. The van der Waals surface area contributed by atoms with Crippen LogP contribution in [0.3, 0.4) is 0 Å². The molecule has 0 fully saturated rings. The summed E-state index contributed by atoms with van der Waals surface area (Å²) in [5.41, 5.74) is 2.31. The molecule has 0 spiro atoms. The van der Waals surface area contributed by atoms with Crippen LogP contribution in [0, 0.1) is 5.92 Å². The highest BCUT2D eigenvalue weighted by molar-refractivity contribution is 7.91. The van der Waals surface area contributed by atoms with Gasteiger partial charge >= 0.3 is 0 Å². The normalized spacial score (nSPS) is 13.7. The van der Waals surface area contributed by atoms with E-state index in [4.69, 9.17) is 0 Å². The number of sulfone groups is 1. The number of benzene rings is 1. The average Bonchev–Trinajstić information content (AvgIpc) is 2.43. The highest BCUT2D eigenvalue weighted by Crippen LogP contribution is 2.17. The van der Waals surface area contributed by atoms with Gasteiger partial charge in [0.15, 0.2) is 9.84 Å². The molecule has 0 bridgehead atoms. The van der Waals surface area contributed by atoms with Gasteiger partial charge in [-0.3, -0.25) is 0 Å². The maximum Gasteiger partial charge on any atom is 0.152 e. The van der Waals surface area contributed by atoms with Gasteiger partial charge in [-0.15, -0.1) is 0 Å². The van der Waals surface area contributed by atoms with Crippen LogP contribution >= 0.6 is 0 Å². The summed E-state index contributed by atoms with van der Waals surface area (Å²) >= 11 is 0. The summed E-state index contributed by atoms with van der Waals surface area (Å²) < 4.78 is 24.3. The Morgan fingerprint density at radius 1 is 1.15 bits per heavy atom. The predicted octanol–water partition coefficient (Wildman–Crippen LogP) is 2.97. The van der Waals surface area contributed by atoms with Crippen molar-refractivity contribution in [1.82, 2.24) is 5.32 Å². The monoisotopic (exact) mass is 297 g/mol. The molecule has 0 heterocycles. The van der Waals surface area contributed by atoms with Crippen molar-refractivity contribution < 1.29 is 8.42 Å². The molecule has 0 saturated heterocycles. The van der Waals surface area contributed by atoms with E-state index in [0.717, 1.165) is 18.4 Å². The molecule has 1 atom stereocenters. The van der Waals surface area contributed by atoms with Crippen molar-refractivity contribution in [2.45, 2.75) is 39.7 Å². The van der Waals surface area contributed by atoms with Gasteiger partial charge in [0, 0.05) is 6.04 Å². The molecule has 4 heteroatoms. The van der Waals surface area contributed by atoms with E-state index in [1.165, 1.54) is 5.56 Å². The number of hydrogen-bond donors (Lipinski definition) is 1. The lowest BCUT2D eigenvalue weighted by Crippen LogP contribution is -2.27. The molecule has 0 aliphatic rings. The first kappa shape index (κ1) is 17.2. The van der Waals surface area contributed by atoms with Crippen LogP contribution in [0.4, 0.5) is 0 Å². The third-order valence-corrected chi connectivity index (χ3v) is 5.26. The average molecular weight is 297 g/mol. The molecule has 0 aliphatic heterocycles. The summed E-state index contributed by atoms with van der Waals surface area (Å²) in [6, 6.07) is 8.06. The van der Waals surface area contributed by atoms with Crippen molar-refractivity contribution in [2.75, 3.05) is 18.6 Å². The summed E-state index contributed by atoms with van der Waals surface area (Å²) in [5, 5.41) is 3.12. The van der Waals surface area contributed by atoms with Crippen molar-refractivity contribution in [3.8, 4) is 0 Å². The van der Waals surface area contributed by atoms with Gasteiger partial charge in [-0.05, 0) is 36.9 Å². The third-order valence-electron chi connectivity index (χ3n) is 3.57. The molecule has 114 valence electrons. The topological polar surface area (TPSA) is 46.2 Å². The first-order chi connectivity index (χ1) is 9.38. The summed E-state index contributed by atoms with van der Waals surface area (Å²) in [5.74, 6) is 0.860. The smallest absolute Gasteiger partial charge is 0.152 e. The number of aryl methyl sites for hydroxylation is 1. The minimum atomic E-state index is -3.01. The lowest BCUT2D eigenvalue weighted by atomic mass is 10.1. The summed E-state index contributed by atoms with van der Waals surface area (Å²) in [4.78, 5) is 0. The molecule has 0 radical (unpaired) electrons. The summed E-state index contributed by atoms with van der Waals surface area (Å²) in [6.07, 6.45) is 1.73. The summed E-state index contributed by atoms with van der Waals surface area (Å²) in [6.45, 7) is 6.21. The van der Waals surface area contributed by atoms with E-state index in [9.17, 15) is 8.42 Å². The Labute approximate surface area is 123 Å². The SMILES string of the molecule is CCc1ccc(C(CS(=O)(=O)CCC(C)C)NC)cc1. The van der Waals surface area contributed by atoms with E-state index >= 15 is 0 Å². The molecule has 1 N–H and O–H groups in total. The molecule has 1 aromatic carbocycles. The fourth-order valence-electron chi connectivity index (χ4n) is 2.08. The van der Waals surface area contributed by atoms with Gasteiger partial charge in [0.05, 0.1) is 11.5 Å². The zero-order valence-corrected chi connectivity index (χ0v) is 13.8. The standard InChI is InChI=1S/C16H27NO2S/c1-5-14-6-8-15(9-7-14)16(17-4)12-20(18,19)11-10-13(2)3/h6-9,13,16-17H,5,10-12H2,1-4H3. The van der Waals surface area contributed by atoms with Gasteiger partial charge in [-0.25, -0.2) is 8.42 Å². The number of hydrogen-bond acceptors (Lipinski definition) is 3. The highest BCUT2D eigenvalue weighted by Gasteiger charge is 2.19. The maximum atomic E-state index is 12.2. The second-order valence-electron chi connectivity index (χ2n) is 5.73. The van der Waals surface area contributed by atoms with Crippen LogP contribution in [0.5, 0.6) is 0 Å². The number of nitrogens with one attached hydrogen (secondary N) is 1. The van der Waals surface area contributed by atoms with Gasteiger partial charge < -0.3 is 5.32 Å². The van der Waals surface area contributed by atoms with Crippen LogP contribution in [0.25, 0.3) is 0 Å². The van der Waals surface area contributed by atoms with Crippen LogP contribution in [0.2, 0.25) is 0 Å². The number of rotatable bonds is 8. The van der Waals surface area contributed by atoms with Crippen molar-refractivity contribution in [3.63, 3.8) is 0 Å². The van der Waals surface area contributed by atoms with Gasteiger partial charge in [0.1, 0.15) is 0 Å². The molecule has 20 heavy (non-hydrogen) atoms. The lowest BCUT2D eigenvalue weighted by Gasteiger charge is -2.17. The molecular formula is C16H27NO2S. The van der Waals surface area contributed by atoms with Gasteiger partial charge in [0.2, 0.25) is 0 Å². The molecule has 1 aromatic rings. The Hall–Kier alpha value is -0.870. The van der Waals surface area contributed by atoms with Crippen LogP contribution in [-0.2, 0) is 16.3 Å². The lowest BCUT2D eigenvalue weighted by molar-refractivity contribution is 0.558. The molecule has 3 nitrogen and oxygen atoms in total. The zero-order valence-electron chi connectivity index (χ0n) is 13.0. The van der Waals surface area contributed by atoms with Crippen molar-refractivity contribution in [3.05, 3.63) is 35.4 Å². The molecular weight excluding hydrogens is 270 g/mol. The molecule has 0 amide bonds. The fourth-order valence-corrected chi connectivity index (χ4v) is 3.95. The Morgan fingerprint density at radius 2 is 1.75 bits per heavy atom. The van der Waals surface area contributed by atoms with Crippen molar-refractivity contribution in [2.24, 2.45) is 5.92 Å². The third kappa shape index (κ3) is 5.63. The Morgan fingerprint density at radius 3 is 2.20 bits per heavy atom. The molecule has 1 unspecified atom stereocenters. The molecule has 0 aromatic heterocycles. The Balaban J connectivity index is 2.75. The largest absolute Gasteiger partial charge is 0.312 e. The second-order valence-corrected chi connectivity index (χ2v) is 7.96. The van der Waals surface area contributed by atoms with Gasteiger partial charge in [0.25, 0.3) is 0 Å². The van der Waals surface area contributed by atoms with E-state index in [1.54, 1.807) is 0 Å².